The summed E-state index contributed by atoms with van der Waals surface area (Å²) in [6.07, 6.45) is -4.36. The molecule has 100 valence electrons. The Kier molecular flexibility index (Phi) is 4.02. The largest absolute Gasteiger partial charge is 0.418 e. The second-order valence-electron chi connectivity index (χ2n) is 4.09. The van der Waals surface area contributed by atoms with E-state index in [1.807, 2.05) is 0 Å². The second-order valence-corrected chi connectivity index (χ2v) is 4.40. The van der Waals surface area contributed by atoms with E-state index in [1.165, 1.54) is 12.1 Å². The molecule has 1 aliphatic rings. The maximum atomic E-state index is 12.9. The first-order chi connectivity index (χ1) is 8.54. The van der Waals surface area contributed by atoms with Crippen LogP contribution < -0.4 is 4.90 Å². The molecule has 18 heavy (non-hydrogen) atoms. The monoisotopic (exact) mass is 279 g/mol. The van der Waals surface area contributed by atoms with E-state index < -0.39 is 11.7 Å². The topological polar surface area (TPSA) is 12.5 Å². The van der Waals surface area contributed by atoms with Crippen molar-refractivity contribution in [1.29, 1.82) is 0 Å². The molecular weight excluding hydrogens is 267 g/mol. The Hall–Kier alpha value is -0.940. The Bertz CT molecular complexity index is 411. The van der Waals surface area contributed by atoms with E-state index in [-0.39, 0.29) is 17.6 Å². The first-order valence-corrected chi connectivity index (χ1v) is 6.14. The molecule has 0 spiro atoms. The van der Waals surface area contributed by atoms with Gasteiger partial charge >= 0.3 is 6.18 Å². The Morgan fingerprint density at radius 2 is 2.06 bits per heavy atom. The van der Waals surface area contributed by atoms with Gasteiger partial charge in [-0.15, -0.1) is 11.6 Å². The molecule has 1 unspecified atom stereocenters. The highest BCUT2D eigenvalue weighted by atomic mass is 35.5. The molecule has 1 heterocycles. The second kappa shape index (κ2) is 5.36. The molecule has 0 saturated carbocycles. The smallest absolute Gasteiger partial charge is 0.377 e. The number of anilines is 1. The lowest BCUT2D eigenvalue weighted by atomic mass is 10.1. The normalized spacial score (nSPS) is 21.1. The predicted molar refractivity (Wildman–Crippen MR) is 64.1 cm³/mol. The van der Waals surface area contributed by atoms with Gasteiger partial charge in [-0.3, -0.25) is 0 Å². The third-order valence-corrected chi connectivity index (χ3v) is 3.28. The number of rotatable bonds is 2. The third kappa shape index (κ3) is 2.72. The Labute approximate surface area is 108 Å². The van der Waals surface area contributed by atoms with Gasteiger partial charge in [0.25, 0.3) is 0 Å². The number of alkyl halides is 4. The Morgan fingerprint density at radius 1 is 1.33 bits per heavy atom. The average Bonchev–Trinajstić information content (AvgIpc) is 2.37. The first kappa shape index (κ1) is 13.5. The van der Waals surface area contributed by atoms with Crippen LogP contribution >= 0.6 is 11.6 Å². The van der Waals surface area contributed by atoms with Crippen molar-refractivity contribution in [3.63, 3.8) is 0 Å². The molecule has 2 nitrogen and oxygen atoms in total. The molecule has 1 saturated heterocycles. The summed E-state index contributed by atoms with van der Waals surface area (Å²) in [5.74, 6) is 0.242. The van der Waals surface area contributed by atoms with Gasteiger partial charge in [0.15, 0.2) is 0 Å². The lowest BCUT2D eigenvalue weighted by Crippen LogP contribution is -2.47. The standard InChI is InChI=1S/C12H13ClF3NO/c13-7-9-8-18-6-5-17(9)11-4-2-1-3-10(11)12(14,15)16/h1-4,9H,5-8H2. The van der Waals surface area contributed by atoms with Crippen molar-refractivity contribution in [2.45, 2.75) is 12.2 Å². The SMILES string of the molecule is FC(F)(F)c1ccccc1N1CCOCC1CCl. The van der Waals surface area contributed by atoms with Gasteiger partial charge in [0.05, 0.1) is 24.8 Å². The highest BCUT2D eigenvalue weighted by molar-refractivity contribution is 6.18. The van der Waals surface area contributed by atoms with Crippen LogP contribution in [0.3, 0.4) is 0 Å². The molecule has 0 aromatic heterocycles. The van der Waals surface area contributed by atoms with Gasteiger partial charge in [-0.25, -0.2) is 0 Å². The van der Waals surface area contributed by atoms with Crippen molar-refractivity contribution < 1.29 is 17.9 Å². The van der Waals surface area contributed by atoms with Crippen LogP contribution in [0, 0.1) is 0 Å². The fourth-order valence-corrected chi connectivity index (χ4v) is 2.32. The van der Waals surface area contributed by atoms with E-state index in [0.717, 1.165) is 6.07 Å². The minimum atomic E-state index is -4.36. The van der Waals surface area contributed by atoms with E-state index in [4.69, 9.17) is 16.3 Å². The van der Waals surface area contributed by atoms with Crippen LogP contribution in [-0.4, -0.2) is 31.7 Å². The predicted octanol–water partition coefficient (Wildman–Crippen LogP) is 3.15. The molecule has 1 aromatic rings. The number of halogens is 4. The highest BCUT2D eigenvalue weighted by Crippen LogP contribution is 2.37. The van der Waals surface area contributed by atoms with E-state index in [2.05, 4.69) is 0 Å². The lowest BCUT2D eigenvalue weighted by Gasteiger charge is -2.37. The van der Waals surface area contributed by atoms with E-state index in [0.29, 0.717) is 19.8 Å². The van der Waals surface area contributed by atoms with Crippen molar-refractivity contribution in [2.24, 2.45) is 0 Å². The summed E-state index contributed by atoms with van der Waals surface area (Å²) in [5.41, 5.74) is -0.444. The molecule has 2 rings (SSSR count). The maximum Gasteiger partial charge on any atom is 0.418 e. The summed E-state index contributed by atoms with van der Waals surface area (Å²) >= 11 is 5.79. The molecular formula is C12H13ClF3NO. The van der Waals surface area contributed by atoms with Crippen LogP contribution in [0.25, 0.3) is 0 Å². The first-order valence-electron chi connectivity index (χ1n) is 5.60. The van der Waals surface area contributed by atoms with Gasteiger partial charge < -0.3 is 9.64 Å². The fourth-order valence-electron chi connectivity index (χ4n) is 2.06. The average molecular weight is 280 g/mol. The van der Waals surface area contributed by atoms with Crippen LogP contribution in [0.1, 0.15) is 5.56 Å². The van der Waals surface area contributed by atoms with Gasteiger partial charge in [-0.2, -0.15) is 13.2 Å². The quantitative estimate of drug-likeness (QED) is 0.771. The van der Waals surface area contributed by atoms with Crippen molar-refractivity contribution in [3.05, 3.63) is 29.8 Å². The summed E-state index contributed by atoms with van der Waals surface area (Å²) < 4.78 is 44.1. The number of nitrogens with zero attached hydrogens (tertiary/aromatic N) is 1. The molecule has 6 heteroatoms. The van der Waals surface area contributed by atoms with Crippen LogP contribution in [-0.2, 0) is 10.9 Å². The zero-order chi connectivity index (χ0) is 13.2. The Balaban J connectivity index is 2.37. The van der Waals surface area contributed by atoms with Crippen LogP contribution in [0.15, 0.2) is 24.3 Å². The van der Waals surface area contributed by atoms with Gasteiger partial charge in [0, 0.05) is 18.1 Å². The summed E-state index contributed by atoms with van der Waals surface area (Å²) in [4.78, 5) is 1.68. The van der Waals surface area contributed by atoms with Crippen molar-refractivity contribution in [2.75, 3.05) is 30.5 Å². The zero-order valence-corrected chi connectivity index (χ0v) is 10.3. The number of ether oxygens (including phenoxy) is 1. The summed E-state index contributed by atoms with van der Waals surface area (Å²) in [6.45, 7) is 1.19. The summed E-state index contributed by atoms with van der Waals surface area (Å²) in [5, 5.41) is 0. The highest BCUT2D eigenvalue weighted by Gasteiger charge is 2.36. The lowest BCUT2D eigenvalue weighted by molar-refractivity contribution is -0.137. The molecule has 0 bridgehead atoms. The number of benzene rings is 1. The van der Waals surface area contributed by atoms with Crippen molar-refractivity contribution in [3.8, 4) is 0 Å². The fraction of sp³-hybridized carbons (Fsp3) is 0.500. The summed E-state index contributed by atoms with van der Waals surface area (Å²) in [7, 11) is 0. The van der Waals surface area contributed by atoms with Gasteiger partial charge in [-0.05, 0) is 12.1 Å². The number of hydrogen-bond donors (Lipinski definition) is 0. The van der Waals surface area contributed by atoms with Gasteiger partial charge in [0.2, 0.25) is 0 Å². The Morgan fingerprint density at radius 3 is 2.72 bits per heavy atom. The molecule has 0 radical (unpaired) electrons. The minimum Gasteiger partial charge on any atom is -0.377 e. The van der Waals surface area contributed by atoms with Gasteiger partial charge in [0.1, 0.15) is 0 Å². The van der Waals surface area contributed by atoms with E-state index >= 15 is 0 Å². The molecule has 0 aliphatic carbocycles. The maximum absolute atomic E-state index is 12.9. The minimum absolute atomic E-state index is 0.180. The molecule has 0 N–H and O–H groups in total. The van der Waals surface area contributed by atoms with Crippen LogP contribution in [0.2, 0.25) is 0 Å². The number of morpholine rings is 1. The number of hydrogen-bond acceptors (Lipinski definition) is 2. The number of para-hydroxylation sites is 1. The molecule has 1 aromatic carbocycles. The zero-order valence-electron chi connectivity index (χ0n) is 9.58. The van der Waals surface area contributed by atoms with Crippen LogP contribution in [0.5, 0.6) is 0 Å². The molecule has 1 aliphatic heterocycles. The third-order valence-electron chi connectivity index (χ3n) is 2.92. The molecule has 0 amide bonds. The van der Waals surface area contributed by atoms with Crippen LogP contribution in [0.4, 0.5) is 18.9 Å². The van der Waals surface area contributed by atoms with Crippen molar-refractivity contribution >= 4 is 17.3 Å². The van der Waals surface area contributed by atoms with E-state index in [9.17, 15) is 13.2 Å². The van der Waals surface area contributed by atoms with E-state index in [1.54, 1.807) is 11.0 Å². The molecule has 1 atom stereocenters. The molecule has 1 fully saturated rings. The van der Waals surface area contributed by atoms with Crippen molar-refractivity contribution in [1.82, 2.24) is 0 Å². The van der Waals surface area contributed by atoms with Gasteiger partial charge in [-0.1, -0.05) is 12.1 Å². The summed E-state index contributed by atoms with van der Waals surface area (Å²) in [6, 6.07) is 5.35.